The lowest BCUT2D eigenvalue weighted by Crippen LogP contribution is -2.47. The fraction of sp³-hybridized carbons (Fsp3) is 0.917. The number of hydrogen-bond acceptors (Lipinski definition) is 5. The molecule has 172 valence electrons. The first-order valence-corrected chi connectivity index (χ1v) is 11.6. The quantitative estimate of drug-likeness (QED) is 0.229. The second kappa shape index (κ2) is 14.8. The molecule has 0 radical (unpaired) electrons. The lowest BCUT2D eigenvalue weighted by molar-refractivity contribution is -0.175. The third-order valence-electron chi connectivity index (χ3n) is 6.09. The molecule has 0 spiro atoms. The highest BCUT2D eigenvalue weighted by molar-refractivity contribution is 5.87. The molecular formula is C24H47NO4. The second-order valence-corrected chi connectivity index (χ2v) is 9.51. The van der Waals surface area contributed by atoms with E-state index in [1.165, 1.54) is 51.4 Å². The summed E-state index contributed by atoms with van der Waals surface area (Å²) in [6.45, 7) is 10.7. The smallest absolute Gasteiger partial charge is 0.312 e. The van der Waals surface area contributed by atoms with Gasteiger partial charge in [-0.2, -0.15) is 0 Å². The highest BCUT2D eigenvalue weighted by atomic mass is 16.5. The number of carbonyl (C=O) groups excluding carboxylic acids is 2. The van der Waals surface area contributed by atoms with Crippen LogP contribution in [0, 0.1) is 10.8 Å². The molecule has 0 aromatic carbocycles. The predicted molar refractivity (Wildman–Crippen MR) is 120 cm³/mol. The minimum Gasteiger partial charge on any atom is -0.465 e. The van der Waals surface area contributed by atoms with E-state index >= 15 is 0 Å². The lowest BCUT2D eigenvalue weighted by atomic mass is 9.68. The molecule has 5 nitrogen and oxygen atoms in total. The van der Waals surface area contributed by atoms with E-state index in [2.05, 4.69) is 6.92 Å². The molecule has 0 atom stereocenters. The number of hydrogen-bond donors (Lipinski definition) is 0. The van der Waals surface area contributed by atoms with E-state index in [4.69, 9.17) is 9.47 Å². The third kappa shape index (κ3) is 11.0. The van der Waals surface area contributed by atoms with Crippen molar-refractivity contribution in [1.29, 1.82) is 0 Å². The zero-order valence-corrected chi connectivity index (χ0v) is 20.3. The standard InChI is InChI=1S/C24H47NO4/c1-8-9-10-11-12-13-14-15-16-17-19-28-21(26)23(2,3)24(4,5)22(27)29-20-18-25(6)7/h8-20H2,1-7H3. The molecule has 0 aliphatic carbocycles. The highest BCUT2D eigenvalue weighted by Gasteiger charge is 2.50. The SMILES string of the molecule is CCCCCCCCCCCCOC(=O)C(C)(C)C(C)(C)C(=O)OCCN(C)C. The minimum atomic E-state index is -0.950. The van der Waals surface area contributed by atoms with Gasteiger partial charge in [-0.3, -0.25) is 9.59 Å². The van der Waals surface area contributed by atoms with Crippen LogP contribution in [0.15, 0.2) is 0 Å². The van der Waals surface area contributed by atoms with Crippen molar-refractivity contribution < 1.29 is 19.1 Å². The molecule has 0 saturated heterocycles. The Morgan fingerprint density at radius 2 is 1.03 bits per heavy atom. The summed E-state index contributed by atoms with van der Waals surface area (Å²) in [5, 5.41) is 0. The molecule has 0 fully saturated rings. The summed E-state index contributed by atoms with van der Waals surface area (Å²) >= 11 is 0. The molecule has 0 saturated carbocycles. The van der Waals surface area contributed by atoms with Crippen LogP contribution in [0.2, 0.25) is 0 Å². The Morgan fingerprint density at radius 1 is 0.655 bits per heavy atom. The van der Waals surface area contributed by atoms with Crippen LogP contribution in [0.1, 0.15) is 98.8 Å². The van der Waals surface area contributed by atoms with Gasteiger partial charge in [0.1, 0.15) is 6.61 Å². The summed E-state index contributed by atoms with van der Waals surface area (Å²) in [5.74, 6) is -0.691. The van der Waals surface area contributed by atoms with Crippen molar-refractivity contribution in [2.45, 2.75) is 98.8 Å². The van der Waals surface area contributed by atoms with Gasteiger partial charge in [-0.05, 0) is 48.2 Å². The summed E-state index contributed by atoms with van der Waals surface area (Å²) in [7, 11) is 3.85. The van der Waals surface area contributed by atoms with Gasteiger partial charge in [-0.25, -0.2) is 0 Å². The Balaban J connectivity index is 4.09. The van der Waals surface area contributed by atoms with E-state index < -0.39 is 10.8 Å². The Kier molecular flexibility index (Phi) is 14.3. The van der Waals surface area contributed by atoms with Crippen molar-refractivity contribution in [3.8, 4) is 0 Å². The van der Waals surface area contributed by atoms with Gasteiger partial charge in [0.15, 0.2) is 0 Å². The van der Waals surface area contributed by atoms with Crippen LogP contribution in [0.3, 0.4) is 0 Å². The molecule has 0 amide bonds. The van der Waals surface area contributed by atoms with Crippen molar-refractivity contribution in [1.82, 2.24) is 4.90 Å². The summed E-state index contributed by atoms with van der Waals surface area (Å²) < 4.78 is 10.9. The van der Waals surface area contributed by atoms with Crippen LogP contribution in [0.25, 0.3) is 0 Å². The van der Waals surface area contributed by atoms with Crippen LogP contribution in [-0.4, -0.2) is 50.7 Å². The van der Waals surface area contributed by atoms with Gasteiger partial charge in [0.05, 0.1) is 17.4 Å². The van der Waals surface area contributed by atoms with Gasteiger partial charge < -0.3 is 14.4 Å². The Labute approximate surface area is 179 Å². The first-order valence-electron chi connectivity index (χ1n) is 11.6. The number of carbonyl (C=O) groups is 2. The van der Waals surface area contributed by atoms with Gasteiger partial charge in [0.2, 0.25) is 0 Å². The molecule has 0 N–H and O–H groups in total. The maximum Gasteiger partial charge on any atom is 0.312 e. The van der Waals surface area contributed by atoms with Crippen LogP contribution >= 0.6 is 0 Å². The van der Waals surface area contributed by atoms with Gasteiger partial charge in [-0.1, -0.05) is 64.7 Å². The summed E-state index contributed by atoms with van der Waals surface area (Å²) in [4.78, 5) is 27.1. The number of nitrogens with zero attached hydrogens (tertiary/aromatic N) is 1. The normalized spacial score (nSPS) is 12.3. The van der Waals surface area contributed by atoms with Crippen LogP contribution in [0.5, 0.6) is 0 Å². The monoisotopic (exact) mass is 413 g/mol. The third-order valence-corrected chi connectivity index (χ3v) is 6.09. The topological polar surface area (TPSA) is 55.8 Å². The summed E-state index contributed by atoms with van der Waals surface area (Å²) in [5.41, 5.74) is -1.89. The minimum absolute atomic E-state index is 0.318. The Morgan fingerprint density at radius 3 is 1.45 bits per heavy atom. The van der Waals surface area contributed by atoms with Crippen molar-refractivity contribution in [3.05, 3.63) is 0 Å². The maximum atomic E-state index is 12.6. The van der Waals surface area contributed by atoms with Crippen LogP contribution in [-0.2, 0) is 19.1 Å². The van der Waals surface area contributed by atoms with Gasteiger partial charge in [-0.15, -0.1) is 0 Å². The molecule has 0 heterocycles. The molecule has 29 heavy (non-hydrogen) atoms. The van der Waals surface area contributed by atoms with Crippen molar-refractivity contribution in [2.75, 3.05) is 33.9 Å². The molecule has 0 aliphatic rings. The van der Waals surface area contributed by atoms with E-state index in [9.17, 15) is 9.59 Å². The number of ether oxygens (including phenoxy) is 2. The number of likely N-dealkylation sites (N-methyl/N-ethyl adjacent to an activating group) is 1. The summed E-state index contributed by atoms with van der Waals surface area (Å²) in [6, 6.07) is 0. The molecule has 0 rings (SSSR count). The fourth-order valence-corrected chi connectivity index (χ4v) is 2.95. The molecule has 0 aromatic heterocycles. The Bertz CT molecular complexity index is 458. The fourth-order valence-electron chi connectivity index (χ4n) is 2.95. The number of esters is 2. The highest BCUT2D eigenvalue weighted by Crippen LogP contribution is 2.40. The maximum absolute atomic E-state index is 12.6. The van der Waals surface area contributed by atoms with Crippen molar-refractivity contribution in [3.63, 3.8) is 0 Å². The van der Waals surface area contributed by atoms with Gasteiger partial charge in [0.25, 0.3) is 0 Å². The molecule has 0 aromatic rings. The van der Waals surface area contributed by atoms with Gasteiger partial charge in [0, 0.05) is 6.54 Å². The zero-order valence-electron chi connectivity index (χ0n) is 20.3. The lowest BCUT2D eigenvalue weighted by Gasteiger charge is -2.37. The molecule has 0 aliphatic heterocycles. The van der Waals surface area contributed by atoms with E-state index in [0.717, 1.165) is 12.8 Å². The summed E-state index contributed by atoms with van der Waals surface area (Å²) in [6.07, 6.45) is 12.4. The van der Waals surface area contributed by atoms with Crippen LogP contribution < -0.4 is 0 Å². The predicted octanol–water partition coefficient (Wildman–Crippen LogP) is 5.61. The van der Waals surface area contributed by atoms with E-state index in [-0.39, 0.29) is 11.9 Å². The van der Waals surface area contributed by atoms with E-state index in [1.807, 2.05) is 19.0 Å². The molecule has 0 bridgehead atoms. The van der Waals surface area contributed by atoms with E-state index in [0.29, 0.717) is 19.8 Å². The molecular weight excluding hydrogens is 366 g/mol. The Hall–Kier alpha value is -1.10. The van der Waals surface area contributed by atoms with Crippen LogP contribution in [0.4, 0.5) is 0 Å². The van der Waals surface area contributed by atoms with Crippen molar-refractivity contribution in [2.24, 2.45) is 10.8 Å². The zero-order chi connectivity index (χ0) is 22.3. The first-order chi connectivity index (χ1) is 13.6. The number of rotatable bonds is 17. The second-order valence-electron chi connectivity index (χ2n) is 9.51. The average molecular weight is 414 g/mol. The van der Waals surface area contributed by atoms with Gasteiger partial charge >= 0.3 is 11.9 Å². The molecule has 5 heteroatoms. The average Bonchev–Trinajstić information content (AvgIpc) is 2.65. The van der Waals surface area contributed by atoms with Crippen molar-refractivity contribution >= 4 is 11.9 Å². The largest absolute Gasteiger partial charge is 0.465 e. The molecule has 0 unspecified atom stereocenters. The first kappa shape index (κ1) is 27.9. The van der Waals surface area contributed by atoms with E-state index in [1.54, 1.807) is 27.7 Å². The number of unbranched alkanes of at least 4 members (excludes halogenated alkanes) is 9.